The van der Waals surface area contributed by atoms with Gasteiger partial charge in [0.05, 0.1) is 11.0 Å². The number of fused-ring (bicyclic) bond motifs is 5. The highest BCUT2D eigenvalue weighted by molar-refractivity contribution is 6.21. The molecule has 0 amide bonds. The van der Waals surface area contributed by atoms with E-state index in [1.54, 1.807) is 12.4 Å². The predicted octanol–water partition coefficient (Wildman–Crippen LogP) is 10.9. The average Bonchev–Trinajstić information content (AvgIpc) is 3.45. The molecule has 9 rings (SSSR count). The van der Waals surface area contributed by atoms with Crippen LogP contribution < -0.4 is 0 Å². The van der Waals surface area contributed by atoms with Crippen molar-refractivity contribution >= 4 is 43.4 Å². The Morgan fingerprint density at radius 3 is 1.36 bits per heavy atom. The Kier molecular flexibility index (Phi) is 5.82. The third-order valence-corrected chi connectivity index (χ3v) is 8.88. The summed E-state index contributed by atoms with van der Waals surface area (Å²) in [7, 11) is 0. The van der Waals surface area contributed by atoms with Gasteiger partial charge in [-0.2, -0.15) is 0 Å². The summed E-state index contributed by atoms with van der Waals surface area (Å²) < 4.78 is 2.39. The van der Waals surface area contributed by atoms with Gasteiger partial charge in [-0.05, 0) is 80.2 Å². The second-order valence-electron chi connectivity index (χ2n) is 11.4. The molecular weight excluding hydrogens is 546 g/mol. The van der Waals surface area contributed by atoms with E-state index in [2.05, 4.69) is 160 Å². The molecule has 2 heterocycles. The van der Waals surface area contributed by atoms with Gasteiger partial charge in [-0.15, -0.1) is 0 Å². The molecule has 0 radical (unpaired) electrons. The van der Waals surface area contributed by atoms with Gasteiger partial charge in [-0.25, -0.2) is 9.97 Å². The maximum absolute atomic E-state index is 4.52. The molecule has 0 aliphatic rings. The molecule has 0 unspecified atom stereocenters. The first-order chi connectivity index (χ1) is 22.3. The quantitative estimate of drug-likeness (QED) is 0.196. The van der Waals surface area contributed by atoms with E-state index in [4.69, 9.17) is 0 Å². The SMILES string of the molecule is c1cnc(-c2cccc(-c3c4ccccc4c(-c4cccc(-n5c6ccccc6c6ccccc65)c4)c4ccccc34)c2)nc1. The van der Waals surface area contributed by atoms with Gasteiger partial charge in [-0.1, -0.05) is 115 Å². The van der Waals surface area contributed by atoms with Gasteiger partial charge in [0, 0.05) is 34.4 Å². The Labute approximate surface area is 260 Å². The highest BCUT2D eigenvalue weighted by Gasteiger charge is 2.18. The third-order valence-electron chi connectivity index (χ3n) is 8.88. The van der Waals surface area contributed by atoms with Crippen LogP contribution in [0.4, 0.5) is 0 Å². The van der Waals surface area contributed by atoms with Crippen LogP contribution >= 0.6 is 0 Å². The lowest BCUT2D eigenvalue weighted by atomic mass is 9.85. The van der Waals surface area contributed by atoms with Gasteiger partial charge in [-0.3, -0.25) is 0 Å². The minimum atomic E-state index is 0.728. The molecule has 0 fully saturated rings. The van der Waals surface area contributed by atoms with Crippen molar-refractivity contribution in [3.05, 3.63) is 164 Å². The van der Waals surface area contributed by atoms with Crippen molar-refractivity contribution in [2.45, 2.75) is 0 Å². The van der Waals surface area contributed by atoms with Crippen LogP contribution in [-0.4, -0.2) is 14.5 Å². The van der Waals surface area contributed by atoms with E-state index in [9.17, 15) is 0 Å². The normalized spacial score (nSPS) is 11.6. The van der Waals surface area contributed by atoms with Crippen molar-refractivity contribution in [2.24, 2.45) is 0 Å². The van der Waals surface area contributed by atoms with Crippen molar-refractivity contribution in [3.8, 4) is 39.3 Å². The summed E-state index contributed by atoms with van der Waals surface area (Å²) in [6.07, 6.45) is 3.59. The van der Waals surface area contributed by atoms with E-state index in [1.807, 2.05) is 6.07 Å². The molecule has 0 saturated carbocycles. The predicted molar refractivity (Wildman–Crippen MR) is 188 cm³/mol. The number of rotatable bonds is 4. The zero-order valence-electron chi connectivity index (χ0n) is 24.4. The Morgan fingerprint density at radius 2 is 0.800 bits per heavy atom. The molecule has 0 aliphatic heterocycles. The average molecular weight is 574 g/mol. The number of nitrogens with zero attached hydrogens (tertiary/aromatic N) is 3. The summed E-state index contributed by atoms with van der Waals surface area (Å²) in [6.45, 7) is 0. The number of hydrogen-bond acceptors (Lipinski definition) is 2. The molecule has 9 aromatic rings. The van der Waals surface area contributed by atoms with Gasteiger partial charge in [0.25, 0.3) is 0 Å². The fourth-order valence-electron chi connectivity index (χ4n) is 7.01. The Balaban J connectivity index is 1.31. The summed E-state index contributed by atoms with van der Waals surface area (Å²) in [5.74, 6) is 0.728. The van der Waals surface area contributed by atoms with E-state index in [0.717, 1.165) is 22.6 Å². The molecule has 0 bridgehead atoms. The minimum Gasteiger partial charge on any atom is -0.309 e. The second kappa shape index (κ2) is 10.3. The van der Waals surface area contributed by atoms with Crippen LogP contribution in [0.2, 0.25) is 0 Å². The van der Waals surface area contributed by atoms with E-state index in [-0.39, 0.29) is 0 Å². The summed E-state index contributed by atoms with van der Waals surface area (Å²) in [6, 6.07) is 54.4. The molecule has 0 atom stereocenters. The zero-order valence-corrected chi connectivity index (χ0v) is 24.4. The lowest BCUT2D eigenvalue weighted by molar-refractivity contribution is 1.18. The number of benzene rings is 7. The molecule has 7 aromatic carbocycles. The molecule has 0 aliphatic carbocycles. The first-order valence-corrected chi connectivity index (χ1v) is 15.3. The van der Waals surface area contributed by atoms with E-state index >= 15 is 0 Å². The van der Waals surface area contributed by atoms with Crippen LogP contribution in [0.3, 0.4) is 0 Å². The molecule has 3 nitrogen and oxygen atoms in total. The van der Waals surface area contributed by atoms with Crippen molar-refractivity contribution in [2.75, 3.05) is 0 Å². The highest BCUT2D eigenvalue weighted by atomic mass is 15.0. The summed E-state index contributed by atoms with van der Waals surface area (Å²) >= 11 is 0. The van der Waals surface area contributed by atoms with E-state index < -0.39 is 0 Å². The van der Waals surface area contributed by atoms with Crippen molar-refractivity contribution in [1.29, 1.82) is 0 Å². The fraction of sp³-hybridized carbons (Fsp3) is 0. The monoisotopic (exact) mass is 573 g/mol. The smallest absolute Gasteiger partial charge is 0.159 e. The first kappa shape index (κ1) is 25.4. The van der Waals surface area contributed by atoms with Gasteiger partial charge in [0.15, 0.2) is 5.82 Å². The molecule has 0 saturated heterocycles. The number of aromatic nitrogens is 3. The van der Waals surface area contributed by atoms with Crippen molar-refractivity contribution in [3.63, 3.8) is 0 Å². The number of hydrogen-bond donors (Lipinski definition) is 0. The van der Waals surface area contributed by atoms with Gasteiger partial charge in [0.2, 0.25) is 0 Å². The van der Waals surface area contributed by atoms with Crippen LogP contribution in [0.25, 0.3) is 82.7 Å². The Hall–Kier alpha value is -6.06. The minimum absolute atomic E-state index is 0.728. The molecule has 2 aromatic heterocycles. The molecule has 45 heavy (non-hydrogen) atoms. The lowest BCUT2D eigenvalue weighted by Crippen LogP contribution is -1.95. The molecule has 0 spiro atoms. The topological polar surface area (TPSA) is 30.7 Å². The summed E-state index contributed by atoms with van der Waals surface area (Å²) in [4.78, 5) is 9.03. The van der Waals surface area contributed by atoms with Gasteiger partial charge < -0.3 is 4.57 Å². The van der Waals surface area contributed by atoms with Crippen molar-refractivity contribution in [1.82, 2.24) is 14.5 Å². The molecule has 3 heteroatoms. The van der Waals surface area contributed by atoms with Crippen LogP contribution in [0.15, 0.2) is 164 Å². The Morgan fingerprint density at radius 1 is 0.356 bits per heavy atom. The second-order valence-corrected chi connectivity index (χ2v) is 11.4. The third kappa shape index (κ3) is 4.05. The van der Waals surface area contributed by atoms with Crippen LogP contribution in [-0.2, 0) is 0 Å². The van der Waals surface area contributed by atoms with Crippen molar-refractivity contribution < 1.29 is 0 Å². The Bertz CT molecular complexity index is 2430. The summed E-state index contributed by atoms with van der Waals surface area (Å²) in [5.41, 5.74) is 9.39. The van der Waals surface area contributed by atoms with E-state index in [1.165, 1.54) is 60.0 Å². The zero-order chi connectivity index (χ0) is 29.7. The highest BCUT2D eigenvalue weighted by Crippen LogP contribution is 2.44. The van der Waals surface area contributed by atoms with Gasteiger partial charge >= 0.3 is 0 Å². The number of para-hydroxylation sites is 2. The van der Waals surface area contributed by atoms with Crippen LogP contribution in [0, 0.1) is 0 Å². The van der Waals surface area contributed by atoms with Crippen LogP contribution in [0.1, 0.15) is 0 Å². The molecular formula is C42H27N3. The first-order valence-electron chi connectivity index (χ1n) is 15.3. The standard InChI is InChI=1S/C42H27N3/c1-3-20-36-34(18-1)40(28-12-9-14-30(26-28)42-43-24-11-25-44-42)35-19-2-4-21-37(35)41(36)29-13-10-15-31(27-29)45-38-22-7-5-16-32(38)33-17-6-8-23-39(33)45/h1-27H. The maximum Gasteiger partial charge on any atom is 0.159 e. The van der Waals surface area contributed by atoms with E-state index in [0.29, 0.717) is 0 Å². The lowest BCUT2D eigenvalue weighted by Gasteiger charge is -2.19. The molecule has 210 valence electrons. The maximum atomic E-state index is 4.52. The van der Waals surface area contributed by atoms with Gasteiger partial charge in [0.1, 0.15) is 0 Å². The fourth-order valence-corrected chi connectivity index (χ4v) is 7.01. The molecule has 0 N–H and O–H groups in total. The largest absolute Gasteiger partial charge is 0.309 e. The van der Waals surface area contributed by atoms with Crippen LogP contribution in [0.5, 0.6) is 0 Å². The summed E-state index contributed by atoms with van der Waals surface area (Å²) in [5, 5.41) is 7.43.